The summed E-state index contributed by atoms with van der Waals surface area (Å²) in [6.07, 6.45) is 2.79. The molecule has 62 valence electrons. The monoisotopic (exact) mass is 282 g/mol. The predicted octanol–water partition coefficient (Wildman–Crippen LogP) is 2.33. The van der Waals surface area contributed by atoms with Crippen molar-refractivity contribution in [1.82, 2.24) is 4.98 Å². The summed E-state index contributed by atoms with van der Waals surface area (Å²) in [6, 6.07) is 0. The Morgan fingerprint density at radius 3 is 2.82 bits per heavy atom. The number of nitrogens with two attached hydrogens (primary N) is 1. The van der Waals surface area contributed by atoms with Gasteiger partial charge in [0.25, 0.3) is 0 Å². The highest BCUT2D eigenvalue weighted by molar-refractivity contribution is 14.1. The van der Waals surface area contributed by atoms with E-state index in [1.807, 2.05) is 13.1 Å². The van der Waals surface area contributed by atoms with Gasteiger partial charge in [0.1, 0.15) is 5.01 Å². The average Bonchev–Trinajstić information content (AvgIpc) is 2.36. The van der Waals surface area contributed by atoms with E-state index < -0.39 is 0 Å². The van der Waals surface area contributed by atoms with Crippen molar-refractivity contribution in [3.63, 3.8) is 0 Å². The van der Waals surface area contributed by atoms with E-state index in [1.54, 1.807) is 11.3 Å². The lowest BCUT2D eigenvalue weighted by molar-refractivity contribution is 0.474. The fourth-order valence-corrected chi connectivity index (χ4v) is 2.21. The molecular weight excluding hydrogens is 271 g/mol. The normalized spacial score (nSPS) is 16.4. The Labute approximate surface area is 84.4 Å². The maximum Gasteiger partial charge on any atom is 0.113 e. The van der Waals surface area contributed by atoms with Crippen LogP contribution in [0.4, 0.5) is 0 Å². The maximum absolute atomic E-state index is 6.00. The minimum atomic E-state index is -0.242. The van der Waals surface area contributed by atoms with Crippen molar-refractivity contribution in [2.45, 2.75) is 25.8 Å². The molecule has 0 aromatic carbocycles. The number of thiazole rings is 1. The van der Waals surface area contributed by atoms with Crippen molar-refractivity contribution in [2.24, 2.45) is 5.73 Å². The molecule has 2 nitrogen and oxygen atoms in total. The van der Waals surface area contributed by atoms with E-state index in [0.717, 1.165) is 11.4 Å². The molecule has 0 fully saturated rings. The van der Waals surface area contributed by atoms with Crippen LogP contribution in [0.15, 0.2) is 6.20 Å². The number of halogens is 1. The van der Waals surface area contributed by atoms with Crippen LogP contribution in [0.2, 0.25) is 0 Å². The summed E-state index contributed by atoms with van der Waals surface area (Å²) in [5.74, 6) is 0. The molecule has 0 aliphatic carbocycles. The molecule has 0 saturated heterocycles. The molecule has 1 atom stereocenters. The van der Waals surface area contributed by atoms with Gasteiger partial charge in [-0.05, 0) is 35.9 Å². The first-order valence-corrected chi connectivity index (χ1v) is 5.36. The van der Waals surface area contributed by atoms with Crippen molar-refractivity contribution in [2.75, 3.05) is 0 Å². The highest BCUT2D eigenvalue weighted by Gasteiger charge is 2.21. The molecule has 0 radical (unpaired) electrons. The van der Waals surface area contributed by atoms with E-state index in [4.69, 9.17) is 5.73 Å². The lowest BCUT2D eigenvalue weighted by Crippen LogP contribution is -2.31. The van der Waals surface area contributed by atoms with Crippen LogP contribution in [0.25, 0.3) is 0 Å². The summed E-state index contributed by atoms with van der Waals surface area (Å²) in [5, 5.41) is 1.03. The van der Waals surface area contributed by atoms with Gasteiger partial charge in [0.2, 0.25) is 0 Å². The Balaban J connectivity index is 2.92. The van der Waals surface area contributed by atoms with Gasteiger partial charge in [-0.25, -0.2) is 4.98 Å². The fraction of sp³-hybridized carbons (Fsp3) is 0.571. The average molecular weight is 282 g/mol. The second-order valence-corrected chi connectivity index (χ2v) is 5.67. The first-order valence-electron chi connectivity index (χ1n) is 3.47. The predicted molar refractivity (Wildman–Crippen MR) is 56.7 cm³/mol. The molecule has 1 unspecified atom stereocenters. The van der Waals surface area contributed by atoms with Crippen LogP contribution in [0, 0.1) is 2.88 Å². The second kappa shape index (κ2) is 3.37. The van der Waals surface area contributed by atoms with Gasteiger partial charge in [0.15, 0.2) is 0 Å². The second-order valence-electron chi connectivity index (χ2n) is 2.74. The van der Waals surface area contributed by atoms with Gasteiger partial charge < -0.3 is 5.73 Å². The van der Waals surface area contributed by atoms with E-state index >= 15 is 0 Å². The zero-order chi connectivity index (χ0) is 8.48. The Morgan fingerprint density at radius 2 is 2.45 bits per heavy atom. The Hall–Kier alpha value is 0.320. The number of hydrogen-bond donors (Lipinski definition) is 1. The van der Waals surface area contributed by atoms with Crippen LogP contribution in [-0.4, -0.2) is 4.98 Å². The fourth-order valence-electron chi connectivity index (χ4n) is 0.670. The first-order chi connectivity index (χ1) is 5.06. The van der Waals surface area contributed by atoms with Gasteiger partial charge in [-0.1, -0.05) is 6.92 Å². The largest absolute Gasteiger partial charge is 0.320 e. The topological polar surface area (TPSA) is 38.9 Å². The summed E-state index contributed by atoms with van der Waals surface area (Å²) < 4.78 is 1.20. The van der Waals surface area contributed by atoms with Gasteiger partial charge in [-0.15, -0.1) is 11.3 Å². The molecule has 0 bridgehead atoms. The third-order valence-electron chi connectivity index (χ3n) is 1.70. The summed E-state index contributed by atoms with van der Waals surface area (Å²) in [6.45, 7) is 4.09. The summed E-state index contributed by atoms with van der Waals surface area (Å²) >= 11 is 3.93. The van der Waals surface area contributed by atoms with Crippen LogP contribution < -0.4 is 5.73 Å². The minimum Gasteiger partial charge on any atom is -0.320 e. The Morgan fingerprint density at radius 1 is 1.82 bits per heavy atom. The molecule has 1 rings (SSSR count). The molecule has 11 heavy (non-hydrogen) atoms. The smallest absolute Gasteiger partial charge is 0.113 e. The van der Waals surface area contributed by atoms with Gasteiger partial charge in [0, 0.05) is 0 Å². The van der Waals surface area contributed by atoms with Crippen LogP contribution in [0.3, 0.4) is 0 Å². The lowest BCUT2D eigenvalue weighted by Gasteiger charge is -2.18. The Kier molecular flexibility index (Phi) is 2.88. The number of rotatable bonds is 2. The van der Waals surface area contributed by atoms with Crippen molar-refractivity contribution >= 4 is 33.9 Å². The molecule has 0 aliphatic rings. The van der Waals surface area contributed by atoms with Crippen LogP contribution in [-0.2, 0) is 5.54 Å². The minimum absolute atomic E-state index is 0.242. The SMILES string of the molecule is CCC(C)(N)c1ncc(I)s1. The van der Waals surface area contributed by atoms with E-state index in [1.165, 1.54) is 2.88 Å². The summed E-state index contributed by atoms with van der Waals surface area (Å²) in [4.78, 5) is 4.24. The van der Waals surface area contributed by atoms with Gasteiger partial charge in [0.05, 0.1) is 14.6 Å². The van der Waals surface area contributed by atoms with E-state index in [-0.39, 0.29) is 5.54 Å². The molecule has 4 heteroatoms. The third kappa shape index (κ3) is 2.13. The molecule has 0 aliphatic heterocycles. The van der Waals surface area contributed by atoms with Crippen molar-refractivity contribution < 1.29 is 0 Å². The van der Waals surface area contributed by atoms with E-state index in [2.05, 4.69) is 34.5 Å². The molecule has 1 heterocycles. The van der Waals surface area contributed by atoms with E-state index in [9.17, 15) is 0 Å². The third-order valence-corrected chi connectivity index (χ3v) is 3.71. The Bertz CT molecular complexity index is 244. The molecule has 1 aromatic heterocycles. The van der Waals surface area contributed by atoms with Crippen LogP contribution in [0.1, 0.15) is 25.3 Å². The van der Waals surface area contributed by atoms with Gasteiger partial charge >= 0.3 is 0 Å². The van der Waals surface area contributed by atoms with Crippen LogP contribution >= 0.6 is 33.9 Å². The number of aromatic nitrogens is 1. The zero-order valence-electron chi connectivity index (χ0n) is 6.60. The molecular formula is C7H11IN2S. The molecule has 1 aromatic rings. The van der Waals surface area contributed by atoms with Crippen molar-refractivity contribution in [3.8, 4) is 0 Å². The number of nitrogens with zero attached hydrogens (tertiary/aromatic N) is 1. The first kappa shape index (κ1) is 9.41. The highest BCUT2D eigenvalue weighted by Crippen LogP contribution is 2.26. The molecule has 2 N–H and O–H groups in total. The van der Waals surface area contributed by atoms with Gasteiger partial charge in [-0.3, -0.25) is 0 Å². The lowest BCUT2D eigenvalue weighted by atomic mass is 10.0. The quantitative estimate of drug-likeness (QED) is 0.846. The maximum atomic E-state index is 6.00. The molecule has 0 spiro atoms. The standard InChI is InChI=1S/C7H11IN2S/c1-3-7(2,9)6-10-4-5(8)11-6/h4H,3,9H2,1-2H3. The molecule has 0 saturated carbocycles. The van der Waals surface area contributed by atoms with E-state index in [0.29, 0.717) is 0 Å². The highest BCUT2D eigenvalue weighted by atomic mass is 127. The summed E-state index contributed by atoms with van der Waals surface area (Å²) in [7, 11) is 0. The van der Waals surface area contributed by atoms with Crippen LogP contribution in [0.5, 0.6) is 0 Å². The number of hydrogen-bond acceptors (Lipinski definition) is 3. The van der Waals surface area contributed by atoms with Crippen molar-refractivity contribution in [1.29, 1.82) is 0 Å². The summed E-state index contributed by atoms with van der Waals surface area (Å²) in [5.41, 5.74) is 5.75. The zero-order valence-corrected chi connectivity index (χ0v) is 9.57. The van der Waals surface area contributed by atoms with Gasteiger partial charge in [-0.2, -0.15) is 0 Å². The van der Waals surface area contributed by atoms with Crippen molar-refractivity contribution in [3.05, 3.63) is 14.1 Å². The molecule has 0 amide bonds.